The lowest BCUT2D eigenvalue weighted by molar-refractivity contribution is 0.161. The van der Waals surface area contributed by atoms with E-state index >= 15 is 0 Å². The number of rotatable bonds is 7. The lowest BCUT2D eigenvalue weighted by atomic mass is 10.1. The molecule has 154 valence electrons. The Bertz CT molecular complexity index is 870. The number of amides is 2. The van der Waals surface area contributed by atoms with Gasteiger partial charge in [0.2, 0.25) is 0 Å². The topological polar surface area (TPSA) is 76.5 Å². The van der Waals surface area contributed by atoms with Gasteiger partial charge in [-0.25, -0.2) is 9.78 Å². The van der Waals surface area contributed by atoms with Crippen LogP contribution in [0.2, 0.25) is 0 Å². The molecule has 1 atom stereocenters. The van der Waals surface area contributed by atoms with Gasteiger partial charge >= 0.3 is 6.03 Å². The summed E-state index contributed by atoms with van der Waals surface area (Å²) in [5.41, 5.74) is 0.169. The molecule has 1 N–H and O–H groups in total. The van der Waals surface area contributed by atoms with Crippen molar-refractivity contribution in [1.82, 2.24) is 19.8 Å². The fourth-order valence-corrected chi connectivity index (χ4v) is 3.15. The molecule has 0 saturated heterocycles. The number of hydrogen-bond donors (Lipinski definition) is 1. The third-order valence-corrected chi connectivity index (χ3v) is 4.46. The van der Waals surface area contributed by atoms with Crippen molar-refractivity contribution >= 4 is 16.9 Å². The van der Waals surface area contributed by atoms with Crippen LogP contribution in [0.5, 0.6) is 0 Å². The van der Waals surface area contributed by atoms with E-state index in [2.05, 4.69) is 5.32 Å². The molecule has 0 aliphatic carbocycles. The number of nitrogens with one attached hydrogen (secondary N) is 1. The standard InChI is InChI=1S/C21H32N4O3/c1-7-12-24(20(27)23-21(3,4)5)15(2)18-22-17-11-9-8-10-16(17)19(26)25(18)13-14-28-6/h8-11,15H,7,12-14H2,1-6H3,(H,23,27). The monoisotopic (exact) mass is 388 g/mol. The summed E-state index contributed by atoms with van der Waals surface area (Å²) in [4.78, 5) is 32.5. The first-order valence-corrected chi connectivity index (χ1v) is 9.76. The van der Waals surface area contributed by atoms with E-state index in [0.717, 1.165) is 6.42 Å². The largest absolute Gasteiger partial charge is 0.383 e. The van der Waals surface area contributed by atoms with Gasteiger partial charge in [-0.15, -0.1) is 0 Å². The number of carbonyl (C=O) groups excluding carboxylic acids is 1. The van der Waals surface area contributed by atoms with Gasteiger partial charge < -0.3 is 15.0 Å². The number of para-hydroxylation sites is 1. The van der Waals surface area contributed by atoms with Crippen LogP contribution in [0.4, 0.5) is 4.79 Å². The van der Waals surface area contributed by atoms with Crippen LogP contribution >= 0.6 is 0 Å². The Morgan fingerprint density at radius 2 is 2.00 bits per heavy atom. The van der Waals surface area contributed by atoms with Crippen molar-refractivity contribution < 1.29 is 9.53 Å². The molecule has 1 aromatic carbocycles. The fraction of sp³-hybridized carbons (Fsp3) is 0.571. The summed E-state index contributed by atoms with van der Waals surface area (Å²) in [6.07, 6.45) is 0.803. The second-order valence-electron chi connectivity index (χ2n) is 7.99. The summed E-state index contributed by atoms with van der Waals surface area (Å²) in [6, 6.07) is 6.76. The quantitative estimate of drug-likeness (QED) is 0.789. The normalized spacial score (nSPS) is 12.8. The molecule has 7 heteroatoms. The molecule has 28 heavy (non-hydrogen) atoms. The highest BCUT2D eigenvalue weighted by Crippen LogP contribution is 2.21. The van der Waals surface area contributed by atoms with Gasteiger partial charge in [-0.2, -0.15) is 0 Å². The van der Waals surface area contributed by atoms with Crippen LogP contribution in [0, 0.1) is 0 Å². The number of nitrogens with zero attached hydrogens (tertiary/aromatic N) is 3. The van der Waals surface area contributed by atoms with Crippen LogP contribution in [0.1, 0.15) is 52.9 Å². The second-order valence-corrected chi connectivity index (χ2v) is 7.99. The number of hydrogen-bond acceptors (Lipinski definition) is 4. The van der Waals surface area contributed by atoms with Crippen molar-refractivity contribution in [2.75, 3.05) is 20.3 Å². The molecule has 2 aromatic rings. The van der Waals surface area contributed by atoms with Crippen molar-refractivity contribution in [3.63, 3.8) is 0 Å². The third kappa shape index (κ3) is 5.10. The molecule has 0 radical (unpaired) electrons. The molecule has 7 nitrogen and oxygen atoms in total. The Balaban J connectivity index is 2.55. The van der Waals surface area contributed by atoms with E-state index in [1.54, 1.807) is 22.6 Å². The van der Waals surface area contributed by atoms with Crippen molar-refractivity contribution in [1.29, 1.82) is 0 Å². The Morgan fingerprint density at radius 3 is 2.61 bits per heavy atom. The van der Waals surface area contributed by atoms with Gasteiger partial charge in [-0.1, -0.05) is 19.1 Å². The van der Waals surface area contributed by atoms with Crippen molar-refractivity contribution in [2.45, 2.75) is 59.2 Å². The van der Waals surface area contributed by atoms with Gasteiger partial charge in [-0.05, 0) is 46.2 Å². The Labute approximate surface area is 166 Å². The number of carbonyl (C=O) groups is 1. The van der Waals surface area contributed by atoms with Crippen LogP contribution in [-0.4, -0.2) is 46.3 Å². The average Bonchev–Trinajstić information content (AvgIpc) is 2.63. The molecular formula is C21H32N4O3. The summed E-state index contributed by atoms with van der Waals surface area (Å²) < 4.78 is 6.82. The summed E-state index contributed by atoms with van der Waals surface area (Å²) in [7, 11) is 1.60. The maximum Gasteiger partial charge on any atom is 0.318 e. The number of methoxy groups -OCH3 is 1. The highest BCUT2D eigenvalue weighted by molar-refractivity contribution is 5.78. The van der Waals surface area contributed by atoms with Gasteiger partial charge in [0.05, 0.1) is 30.1 Å². The Kier molecular flexibility index (Phi) is 7.18. The Morgan fingerprint density at radius 1 is 1.32 bits per heavy atom. The molecule has 2 rings (SSSR count). The highest BCUT2D eigenvalue weighted by Gasteiger charge is 2.27. The lowest BCUT2D eigenvalue weighted by Gasteiger charge is -2.33. The lowest BCUT2D eigenvalue weighted by Crippen LogP contribution is -2.50. The van der Waals surface area contributed by atoms with E-state index in [0.29, 0.717) is 36.4 Å². The minimum absolute atomic E-state index is 0.114. The van der Waals surface area contributed by atoms with E-state index in [1.165, 1.54) is 0 Å². The molecule has 0 saturated carbocycles. The number of benzene rings is 1. The van der Waals surface area contributed by atoms with E-state index in [9.17, 15) is 9.59 Å². The maximum atomic E-state index is 13.1. The fourth-order valence-electron chi connectivity index (χ4n) is 3.15. The van der Waals surface area contributed by atoms with Crippen LogP contribution < -0.4 is 10.9 Å². The predicted octanol–water partition coefficient (Wildman–Crippen LogP) is 3.32. The van der Waals surface area contributed by atoms with Crippen LogP contribution in [-0.2, 0) is 11.3 Å². The van der Waals surface area contributed by atoms with Gasteiger partial charge in [0.1, 0.15) is 5.82 Å². The van der Waals surface area contributed by atoms with Crippen molar-refractivity contribution in [2.24, 2.45) is 0 Å². The zero-order valence-corrected chi connectivity index (χ0v) is 17.8. The summed E-state index contributed by atoms with van der Waals surface area (Å²) in [5, 5.41) is 3.58. The minimum atomic E-state index is -0.364. The van der Waals surface area contributed by atoms with E-state index < -0.39 is 0 Å². The number of aromatic nitrogens is 2. The summed E-state index contributed by atoms with van der Waals surface area (Å²) in [6.45, 7) is 11.1. The maximum absolute atomic E-state index is 13.1. The number of urea groups is 1. The molecule has 2 amide bonds. The second kappa shape index (κ2) is 9.19. The molecular weight excluding hydrogens is 356 g/mol. The van der Waals surface area contributed by atoms with Crippen LogP contribution in [0.25, 0.3) is 10.9 Å². The first kappa shape index (κ1) is 21.9. The van der Waals surface area contributed by atoms with E-state index in [4.69, 9.17) is 9.72 Å². The van der Waals surface area contributed by atoms with Crippen molar-refractivity contribution in [3.8, 4) is 0 Å². The minimum Gasteiger partial charge on any atom is -0.383 e. The van der Waals surface area contributed by atoms with Crippen LogP contribution in [0.3, 0.4) is 0 Å². The zero-order valence-electron chi connectivity index (χ0n) is 17.8. The molecule has 0 bridgehead atoms. The van der Waals surface area contributed by atoms with Gasteiger partial charge in [0.25, 0.3) is 5.56 Å². The molecule has 1 aromatic heterocycles. The van der Waals surface area contributed by atoms with Gasteiger partial charge in [-0.3, -0.25) is 9.36 Å². The first-order chi connectivity index (χ1) is 13.2. The summed E-state index contributed by atoms with van der Waals surface area (Å²) >= 11 is 0. The van der Waals surface area contributed by atoms with E-state index in [1.807, 2.05) is 52.8 Å². The first-order valence-electron chi connectivity index (χ1n) is 9.76. The zero-order chi connectivity index (χ0) is 20.9. The molecule has 0 fully saturated rings. The van der Waals surface area contributed by atoms with Gasteiger partial charge in [0, 0.05) is 19.2 Å². The predicted molar refractivity (Wildman–Crippen MR) is 112 cm³/mol. The smallest absolute Gasteiger partial charge is 0.318 e. The van der Waals surface area contributed by atoms with Gasteiger partial charge in [0.15, 0.2) is 0 Å². The third-order valence-electron chi connectivity index (χ3n) is 4.46. The van der Waals surface area contributed by atoms with E-state index in [-0.39, 0.29) is 23.2 Å². The molecule has 0 spiro atoms. The highest BCUT2D eigenvalue weighted by atomic mass is 16.5. The number of ether oxygens (including phenoxy) is 1. The molecule has 0 aliphatic heterocycles. The number of fused-ring (bicyclic) bond motifs is 1. The Hall–Kier alpha value is -2.41. The van der Waals surface area contributed by atoms with Crippen LogP contribution in [0.15, 0.2) is 29.1 Å². The summed E-state index contributed by atoms with van der Waals surface area (Å²) in [5.74, 6) is 0.568. The van der Waals surface area contributed by atoms with Crippen molar-refractivity contribution in [3.05, 3.63) is 40.4 Å². The molecule has 0 aliphatic rings. The average molecular weight is 389 g/mol. The molecule has 1 heterocycles. The molecule has 1 unspecified atom stereocenters. The SMILES string of the molecule is CCCN(C(=O)NC(C)(C)C)C(C)c1nc2ccccc2c(=O)n1CCOC.